The minimum absolute atomic E-state index is 0.0548. The van der Waals surface area contributed by atoms with Gasteiger partial charge in [0.25, 0.3) is 5.56 Å². The molecular formula is C22H21BrN4O7. The number of aromatic nitrogens is 2. The molecule has 0 spiro atoms. The van der Waals surface area contributed by atoms with Crippen LogP contribution >= 0.6 is 15.9 Å². The van der Waals surface area contributed by atoms with E-state index < -0.39 is 34.2 Å². The molecule has 0 aliphatic carbocycles. The highest BCUT2D eigenvalue weighted by atomic mass is 79.9. The van der Waals surface area contributed by atoms with Crippen LogP contribution in [0.2, 0.25) is 0 Å². The third-order valence-corrected chi connectivity index (χ3v) is 5.11. The Balaban J connectivity index is 2.18. The van der Waals surface area contributed by atoms with Crippen molar-refractivity contribution >= 4 is 44.7 Å². The highest BCUT2D eigenvalue weighted by Gasteiger charge is 2.25. The van der Waals surface area contributed by atoms with Crippen LogP contribution in [-0.4, -0.2) is 45.6 Å². The summed E-state index contributed by atoms with van der Waals surface area (Å²) in [5.74, 6) is -1.28. The summed E-state index contributed by atoms with van der Waals surface area (Å²) in [6.07, 6.45) is 1.26. The van der Waals surface area contributed by atoms with Crippen LogP contribution in [0.5, 0.6) is 11.5 Å². The Morgan fingerprint density at radius 2 is 2.03 bits per heavy atom. The van der Waals surface area contributed by atoms with Gasteiger partial charge in [-0.25, -0.2) is 9.78 Å². The van der Waals surface area contributed by atoms with E-state index in [9.17, 15) is 19.7 Å². The lowest BCUT2D eigenvalue weighted by molar-refractivity contribution is -0.385. The van der Waals surface area contributed by atoms with E-state index in [2.05, 4.69) is 26.0 Å². The third kappa shape index (κ3) is 5.22. The van der Waals surface area contributed by atoms with Crippen molar-refractivity contribution in [2.75, 3.05) is 13.7 Å². The van der Waals surface area contributed by atoms with E-state index in [-0.39, 0.29) is 17.1 Å². The number of hydrogen-bond donors (Lipinski definition) is 1. The molecule has 1 heterocycles. The third-order valence-electron chi connectivity index (χ3n) is 4.62. The average Bonchev–Trinajstić information content (AvgIpc) is 2.76. The summed E-state index contributed by atoms with van der Waals surface area (Å²) in [5.41, 5.74) is -0.716. The summed E-state index contributed by atoms with van der Waals surface area (Å²) in [7, 11) is 1.26. The minimum Gasteiger partial charge on any atom is -0.493 e. The van der Waals surface area contributed by atoms with Gasteiger partial charge in [-0.3, -0.25) is 14.9 Å². The van der Waals surface area contributed by atoms with Crippen molar-refractivity contribution in [2.24, 2.45) is 5.10 Å². The van der Waals surface area contributed by atoms with E-state index in [1.807, 2.05) is 20.8 Å². The fraction of sp³-hybridized carbons (Fsp3) is 0.273. The fourth-order valence-electron chi connectivity index (χ4n) is 3.11. The van der Waals surface area contributed by atoms with Gasteiger partial charge >= 0.3 is 11.7 Å². The second-order valence-corrected chi connectivity index (χ2v) is 9.14. The van der Waals surface area contributed by atoms with Gasteiger partial charge in [-0.1, -0.05) is 36.7 Å². The number of aliphatic carboxylic acids is 1. The number of methoxy groups -OCH3 is 1. The zero-order chi connectivity index (χ0) is 25.2. The maximum atomic E-state index is 13.3. The second kappa shape index (κ2) is 9.59. The van der Waals surface area contributed by atoms with Gasteiger partial charge < -0.3 is 14.6 Å². The summed E-state index contributed by atoms with van der Waals surface area (Å²) >= 11 is 3.35. The summed E-state index contributed by atoms with van der Waals surface area (Å²) in [6.45, 7) is 4.86. The molecule has 0 aliphatic heterocycles. The van der Waals surface area contributed by atoms with Crippen LogP contribution in [0, 0.1) is 10.1 Å². The summed E-state index contributed by atoms with van der Waals surface area (Å²) in [6, 6.07) is 7.70. The predicted octanol–water partition coefficient (Wildman–Crippen LogP) is 3.72. The monoisotopic (exact) mass is 532 g/mol. The number of carboxylic acid groups (broad SMARTS) is 1. The molecule has 178 valence electrons. The Bertz CT molecular complexity index is 1380. The zero-order valence-electron chi connectivity index (χ0n) is 18.7. The van der Waals surface area contributed by atoms with Crippen molar-refractivity contribution < 1.29 is 24.3 Å². The van der Waals surface area contributed by atoms with Crippen LogP contribution in [0.25, 0.3) is 10.9 Å². The van der Waals surface area contributed by atoms with Crippen molar-refractivity contribution in [3.05, 3.63) is 66.7 Å². The fourth-order valence-corrected chi connectivity index (χ4v) is 3.48. The predicted molar refractivity (Wildman–Crippen MR) is 128 cm³/mol. The topological polar surface area (TPSA) is 146 Å². The van der Waals surface area contributed by atoms with Crippen molar-refractivity contribution in [1.29, 1.82) is 0 Å². The van der Waals surface area contributed by atoms with E-state index in [0.717, 1.165) is 10.7 Å². The summed E-state index contributed by atoms with van der Waals surface area (Å²) in [4.78, 5) is 39.6. The molecule has 1 N–H and O–H groups in total. The lowest BCUT2D eigenvalue weighted by Gasteiger charge is -2.20. The molecule has 11 nitrogen and oxygen atoms in total. The summed E-state index contributed by atoms with van der Waals surface area (Å²) < 4.78 is 12.1. The van der Waals surface area contributed by atoms with Crippen LogP contribution in [0.4, 0.5) is 5.69 Å². The number of halogens is 1. The molecule has 0 atom stereocenters. The molecule has 0 aliphatic rings. The smallest absolute Gasteiger partial charge is 0.341 e. The molecule has 0 unspecified atom stereocenters. The van der Waals surface area contributed by atoms with Gasteiger partial charge in [0.2, 0.25) is 5.75 Å². The Morgan fingerprint density at radius 1 is 1.32 bits per heavy atom. The highest BCUT2D eigenvalue weighted by Crippen LogP contribution is 2.38. The maximum absolute atomic E-state index is 13.3. The van der Waals surface area contributed by atoms with Crippen molar-refractivity contribution in [2.45, 2.75) is 26.2 Å². The molecule has 0 saturated carbocycles. The Kier molecular flexibility index (Phi) is 7.01. The zero-order valence-corrected chi connectivity index (χ0v) is 20.3. The standard InChI is InChI=1S/C22H21BrN4O7/c1-22(2,3)21-25-15-6-5-13(23)9-14(15)20(30)26(21)24-10-12-7-16(27(31)32)19(17(8-12)33-4)34-11-18(28)29/h5-10H,11H2,1-4H3,(H,28,29). The molecule has 3 rings (SSSR count). The van der Waals surface area contributed by atoms with E-state index >= 15 is 0 Å². The molecule has 3 aromatic rings. The number of carbonyl (C=O) groups is 1. The number of hydrogen-bond acceptors (Lipinski definition) is 8. The first-order valence-corrected chi connectivity index (χ1v) is 10.7. The van der Waals surface area contributed by atoms with Crippen molar-refractivity contribution in [3.8, 4) is 11.5 Å². The number of nitrogens with zero attached hydrogens (tertiary/aromatic N) is 4. The van der Waals surface area contributed by atoms with Gasteiger partial charge in [0.05, 0.1) is 29.2 Å². The lowest BCUT2D eigenvalue weighted by Crippen LogP contribution is -2.29. The number of fused-ring (bicyclic) bond motifs is 1. The maximum Gasteiger partial charge on any atom is 0.341 e. The lowest BCUT2D eigenvalue weighted by atomic mass is 9.95. The Hall–Kier alpha value is -3.80. The molecular weight excluding hydrogens is 512 g/mol. The number of carboxylic acids is 1. The van der Waals surface area contributed by atoms with Crippen LogP contribution in [-0.2, 0) is 10.2 Å². The van der Waals surface area contributed by atoms with Gasteiger partial charge in [0.1, 0.15) is 5.82 Å². The van der Waals surface area contributed by atoms with Crippen LogP contribution in [0.15, 0.2) is 44.7 Å². The molecule has 0 amide bonds. The first-order chi connectivity index (χ1) is 15.9. The molecule has 0 radical (unpaired) electrons. The van der Waals surface area contributed by atoms with Gasteiger partial charge in [0.15, 0.2) is 12.4 Å². The minimum atomic E-state index is -1.30. The van der Waals surface area contributed by atoms with E-state index in [1.165, 1.54) is 19.4 Å². The molecule has 0 saturated heterocycles. The number of rotatable bonds is 7. The number of nitro groups is 1. The highest BCUT2D eigenvalue weighted by molar-refractivity contribution is 9.10. The van der Waals surface area contributed by atoms with Gasteiger partial charge in [-0.15, -0.1) is 0 Å². The molecule has 12 heteroatoms. The van der Waals surface area contributed by atoms with Gasteiger partial charge in [-0.05, 0) is 24.3 Å². The molecule has 0 bridgehead atoms. The van der Waals surface area contributed by atoms with E-state index in [4.69, 9.17) is 14.6 Å². The van der Waals surface area contributed by atoms with Gasteiger partial charge in [0, 0.05) is 21.5 Å². The normalized spacial score (nSPS) is 11.7. The number of nitro benzene ring substituents is 1. The molecule has 0 fully saturated rings. The van der Waals surface area contributed by atoms with Crippen molar-refractivity contribution in [3.63, 3.8) is 0 Å². The first-order valence-electron chi connectivity index (χ1n) is 9.90. The quantitative estimate of drug-likeness (QED) is 0.275. The van der Waals surface area contributed by atoms with E-state index in [1.54, 1.807) is 18.2 Å². The van der Waals surface area contributed by atoms with Crippen LogP contribution in [0.1, 0.15) is 32.2 Å². The number of benzene rings is 2. The molecule has 1 aromatic heterocycles. The van der Waals surface area contributed by atoms with Crippen LogP contribution < -0.4 is 15.0 Å². The number of ether oxygens (including phenoxy) is 2. The molecule has 34 heavy (non-hydrogen) atoms. The van der Waals surface area contributed by atoms with Crippen LogP contribution in [0.3, 0.4) is 0 Å². The molecule has 2 aromatic carbocycles. The first kappa shape index (κ1) is 24.8. The van der Waals surface area contributed by atoms with Gasteiger partial charge in [-0.2, -0.15) is 9.78 Å². The Morgan fingerprint density at radius 3 is 2.62 bits per heavy atom. The SMILES string of the molecule is COc1cc(C=Nn2c(C(C)(C)C)nc3ccc(Br)cc3c2=O)cc([N+](=O)[O-])c1OCC(=O)O. The Labute approximate surface area is 201 Å². The largest absolute Gasteiger partial charge is 0.493 e. The van der Waals surface area contributed by atoms with Crippen molar-refractivity contribution in [1.82, 2.24) is 9.66 Å². The average molecular weight is 533 g/mol. The second-order valence-electron chi connectivity index (χ2n) is 8.22. The van der Waals surface area contributed by atoms with E-state index in [0.29, 0.717) is 21.2 Å². The summed E-state index contributed by atoms with van der Waals surface area (Å²) in [5, 5.41) is 25.1.